The average Bonchev–Trinajstić information content (AvgIpc) is 2.47. The number of hydrogen-bond acceptors (Lipinski definition) is 3. The number of halogens is 2. The van der Waals surface area contributed by atoms with Gasteiger partial charge in [-0.15, -0.1) is 0 Å². The first-order chi connectivity index (χ1) is 10.1. The molecule has 0 aliphatic carbocycles. The van der Waals surface area contributed by atoms with Crippen LogP contribution < -0.4 is 4.74 Å². The van der Waals surface area contributed by atoms with E-state index in [0.29, 0.717) is 34.6 Å². The van der Waals surface area contributed by atoms with Gasteiger partial charge in [0.2, 0.25) is 0 Å². The topological polar surface area (TPSA) is 35.5 Å². The number of ether oxygens (including phenoxy) is 2. The molecule has 0 atom stereocenters. The second-order valence-corrected chi connectivity index (χ2v) is 5.11. The highest BCUT2D eigenvalue weighted by atomic mass is 35.5. The van der Waals surface area contributed by atoms with Crippen LogP contribution >= 0.6 is 23.2 Å². The summed E-state index contributed by atoms with van der Waals surface area (Å²) < 4.78 is 10.5. The first-order valence-electron chi connectivity index (χ1n) is 6.44. The lowest BCUT2D eigenvalue weighted by atomic mass is 10.2. The monoisotopic (exact) mass is 324 g/mol. The molecule has 0 N–H and O–H groups in total. The van der Waals surface area contributed by atoms with Gasteiger partial charge in [0.1, 0.15) is 12.4 Å². The maximum absolute atomic E-state index is 11.5. The van der Waals surface area contributed by atoms with Crippen LogP contribution in [0.3, 0.4) is 0 Å². The molecule has 110 valence electrons. The molecular formula is C16H14Cl2O3. The quantitative estimate of drug-likeness (QED) is 0.744. The molecule has 0 unspecified atom stereocenters. The summed E-state index contributed by atoms with van der Waals surface area (Å²) in [5, 5.41) is 1.15. The highest BCUT2D eigenvalue weighted by Gasteiger charge is 2.07. The zero-order valence-electron chi connectivity index (χ0n) is 11.4. The van der Waals surface area contributed by atoms with E-state index in [1.165, 1.54) is 0 Å². The number of benzene rings is 2. The van der Waals surface area contributed by atoms with Crippen LogP contribution in [0.2, 0.25) is 10.0 Å². The molecule has 2 aromatic rings. The molecular weight excluding hydrogens is 311 g/mol. The minimum Gasteiger partial charge on any atom is -0.489 e. The van der Waals surface area contributed by atoms with E-state index in [2.05, 4.69) is 0 Å². The summed E-state index contributed by atoms with van der Waals surface area (Å²) in [7, 11) is 0. The molecule has 0 aliphatic rings. The Bertz CT molecular complexity index is 624. The van der Waals surface area contributed by atoms with Gasteiger partial charge in [-0.05, 0) is 43.3 Å². The van der Waals surface area contributed by atoms with Crippen LogP contribution in [0.5, 0.6) is 5.75 Å². The zero-order valence-corrected chi connectivity index (χ0v) is 12.9. The van der Waals surface area contributed by atoms with E-state index in [4.69, 9.17) is 32.7 Å². The number of carbonyl (C=O) groups excluding carboxylic acids is 1. The van der Waals surface area contributed by atoms with Gasteiger partial charge in [0.05, 0.1) is 12.2 Å². The predicted molar refractivity (Wildman–Crippen MR) is 83.2 cm³/mol. The Kier molecular flexibility index (Phi) is 5.48. The van der Waals surface area contributed by atoms with Crippen molar-refractivity contribution >= 4 is 29.2 Å². The molecule has 0 bridgehead atoms. The van der Waals surface area contributed by atoms with E-state index < -0.39 is 0 Å². The van der Waals surface area contributed by atoms with Gasteiger partial charge in [-0.3, -0.25) is 0 Å². The Labute approximate surface area is 133 Å². The summed E-state index contributed by atoms with van der Waals surface area (Å²) in [4.78, 5) is 11.5. The minimum atomic E-state index is -0.343. The summed E-state index contributed by atoms with van der Waals surface area (Å²) in [6.07, 6.45) is 0. The van der Waals surface area contributed by atoms with E-state index in [1.54, 1.807) is 43.3 Å². The van der Waals surface area contributed by atoms with Crippen LogP contribution in [0.25, 0.3) is 0 Å². The summed E-state index contributed by atoms with van der Waals surface area (Å²) >= 11 is 11.9. The average molecular weight is 325 g/mol. The molecule has 0 amide bonds. The maximum Gasteiger partial charge on any atom is 0.338 e. The number of carbonyl (C=O) groups is 1. The molecule has 0 aromatic heterocycles. The highest BCUT2D eigenvalue weighted by Crippen LogP contribution is 2.23. The molecule has 0 radical (unpaired) electrons. The van der Waals surface area contributed by atoms with Gasteiger partial charge in [0.15, 0.2) is 0 Å². The van der Waals surface area contributed by atoms with Crippen LogP contribution in [0.1, 0.15) is 22.8 Å². The SMILES string of the molecule is CCOC(=O)c1ccc(OCc2ccc(Cl)cc2Cl)cc1. The number of hydrogen-bond donors (Lipinski definition) is 0. The van der Waals surface area contributed by atoms with Crippen molar-refractivity contribution in [3.63, 3.8) is 0 Å². The van der Waals surface area contributed by atoms with Gasteiger partial charge in [0.25, 0.3) is 0 Å². The Morgan fingerprint density at radius 2 is 1.81 bits per heavy atom. The molecule has 0 aliphatic heterocycles. The molecule has 0 heterocycles. The first kappa shape index (κ1) is 15.7. The third kappa shape index (κ3) is 4.38. The molecule has 2 aromatic carbocycles. The lowest BCUT2D eigenvalue weighted by Crippen LogP contribution is -2.04. The van der Waals surface area contributed by atoms with Crippen molar-refractivity contribution in [3.8, 4) is 5.75 Å². The van der Waals surface area contributed by atoms with Gasteiger partial charge in [0, 0.05) is 15.6 Å². The first-order valence-corrected chi connectivity index (χ1v) is 7.19. The van der Waals surface area contributed by atoms with Crippen molar-refractivity contribution in [1.29, 1.82) is 0 Å². The number of esters is 1. The summed E-state index contributed by atoms with van der Waals surface area (Å²) in [5.74, 6) is 0.305. The predicted octanol–water partition coefficient (Wildman–Crippen LogP) is 4.75. The van der Waals surface area contributed by atoms with Gasteiger partial charge in [-0.25, -0.2) is 4.79 Å². The normalized spacial score (nSPS) is 10.2. The summed E-state index contributed by atoms with van der Waals surface area (Å²) in [6, 6.07) is 12.0. The molecule has 0 saturated heterocycles. The maximum atomic E-state index is 11.5. The van der Waals surface area contributed by atoms with Gasteiger partial charge in [-0.2, -0.15) is 0 Å². The van der Waals surface area contributed by atoms with Crippen molar-refractivity contribution < 1.29 is 14.3 Å². The van der Waals surface area contributed by atoms with Crippen molar-refractivity contribution in [1.82, 2.24) is 0 Å². The minimum absolute atomic E-state index is 0.328. The third-order valence-corrected chi connectivity index (χ3v) is 3.36. The largest absolute Gasteiger partial charge is 0.489 e. The molecule has 0 spiro atoms. The Balaban J connectivity index is 1.99. The van der Waals surface area contributed by atoms with Crippen molar-refractivity contribution in [3.05, 3.63) is 63.6 Å². The Morgan fingerprint density at radius 1 is 1.10 bits per heavy atom. The lowest BCUT2D eigenvalue weighted by Gasteiger charge is -2.09. The Morgan fingerprint density at radius 3 is 2.43 bits per heavy atom. The fourth-order valence-electron chi connectivity index (χ4n) is 1.70. The number of rotatable bonds is 5. The second-order valence-electron chi connectivity index (χ2n) is 4.27. The smallest absolute Gasteiger partial charge is 0.338 e. The van der Waals surface area contributed by atoms with Gasteiger partial charge < -0.3 is 9.47 Å². The van der Waals surface area contributed by atoms with Crippen LogP contribution in [-0.2, 0) is 11.3 Å². The van der Waals surface area contributed by atoms with Crippen LogP contribution in [0.4, 0.5) is 0 Å². The van der Waals surface area contributed by atoms with E-state index in [9.17, 15) is 4.79 Å². The molecule has 0 fully saturated rings. The molecule has 0 saturated carbocycles. The van der Waals surface area contributed by atoms with E-state index in [1.807, 2.05) is 6.07 Å². The van der Waals surface area contributed by atoms with Crippen molar-refractivity contribution in [2.24, 2.45) is 0 Å². The van der Waals surface area contributed by atoms with Crippen LogP contribution in [0, 0.1) is 0 Å². The lowest BCUT2D eigenvalue weighted by molar-refractivity contribution is 0.0526. The standard InChI is InChI=1S/C16H14Cl2O3/c1-2-20-16(19)11-4-7-14(8-5-11)21-10-12-3-6-13(17)9-15(12)18/h3-9H,2,10H2,1H3. The molecule has 2 rings (SSSR count). The highest BCUT2D eigenvalue weighted by molar-refractivity contribution is 6.35. The fraction of sp³-hybridized carbons (Fsp3) is 0.188. The second kappa shape index (κ2) is 7.34. The van der Waals surface area contributed by atoms with Crippen LogP contribution in [0.15, 0.2) is 42.5 Å². The molecule has 3 nitrogen and oxygen atoms in total. The van der Waals surface area contributed by atoms with E-state index in [-0.39, 0.29) is 5.97 Å². The third-order valence-electron chi connectivity index (χ3n) is 2.77. The van der Waals surface area contributed by atoms with Crippen molar-refractivity contribution in [2.45, 2.75) is 13.5 Å². The molecule has 21 heavy (non-hydrogen) atoms. The summed E-state index contributed by atoms with van der Waals surface area (Å²) in [5.41, 5.74) is 1.34. The molecule has 5 heteroatoms. The van der Waals surface area contributed by atoms with Gasteiger partial charge >= 0.3 is 5.97 Å². The van der Waals surface area contributed by atoms with E-state index in [0.717, 1.165) is 5.56 Å². The van der Waals surface area contributed by atoms with Crippen molar-refractivity contribution in [2.75, 3.05) is 6.61 Å². The fourth-order valence-corrected chi connectivity index (χ4v) is 2.16. The Hall–Kier alpha value is -1.71. The van der Waals surface area contributed by atoms with E-state index >= 15 is 0 Å². The van der Waals surface area contributed by atoms with Crippen LogP contribution in [-0.4, -0.2) is 12.6 Å². The summed E-state index contributed by atoms with van der Waals surface area (Å²) in [6.45, 7) is 2.45. The zero-order chi connectivity index (χ0) is 15.2. The van der Waals surface area contributed by atoms with Gasteiger partial charge in [-0.1, -0.05) is 29.3 Å².